The molecule has 214 valence electrons. The Labute approximate surface area is 242 Å². The van der Waals surface area contributed by atoms with E-state index in [1.54, 1.807) is 37.6 Å². The Morgan fingerprint density at radius 2 is 1.88 bits per heavy atom. The lowest BCUT2D eigenvalue weighted by Crippen LogP contribution is -2.31. The summed E-state index contributed by atoms with van der Waals surface area (Å²) in [5.41, 5.74) is 4.94. The molecular weight excluding hydrogens is 516 g/mol. The summed E-state index contributed by atoms with van der Waals surface area (Å²) in [5, 5.41) is 8.33. The highest BCUT2D eigenvalue weighted by atomic mass is 16.5. The quantitative estimate of drug-likeness (QED) is 0.274. The van der Waals surface area contributed by atoms with Crippen molar-refractivity contribution in [2.75, 3.05) is 58.1 Å². The zero-order valence-corrected chi connectivity index (χ0v) is 24.2. The molecule has 2 heterocycles. The number of carbonyl (C=O) groups is 2. The lowest BCUT2D eigenvalue weighted by Gasteiger charge is -2.20. The fourth-order valence-electron chi connectivity index (χ4n) is 4.54. The van der Waals surface area contributed by atoms with Gasteiger partial charge in [0.2, 0.25) is 0 Å². The largest absolute Gasteiger partial charge is 0.383 e. The van der Waals surface area contributed by atoms with Crippen molar-refractivity contribution in [2.45, 2.75) is 25.9 Å². The first kappa shape index (κ1) is 29.7. The minimum Gasteiger partial charge on any atom is -0.383 e. The van der Waals surface area contributed by atoms with Crippen LogP contribution in [0.4, 0.5) is 16.3 Å². The molecule has 0 aliphatic carbocycles. The number of urea groups is 1. The smallest absolute Gasteiger partial charge is 0.320 e. The molecule has 9 heteroatoms. The summed E-state index contributed by atoms with van der Waals surface area (Å²) in [4.78, 5) is 33.9. The van der Waals surface area contributed by atoms with Crippen LogP contribution in [0.3, 0.4) is 0 Å². The van der Waals surface area contributed by atoms with Crippen molar-refractivity contribution in [1.29, 1.82) is 0 Å². The van der Waals surface area contributed by atoms with Gasteiger partial charge >= 0.3 is 6.03 Å². The molecule has 0 unspecified atom stereocenters. The molecular formula is C32H38N6O3. The molecule has 0 radical (unpaired) electrons. The van der Waals surface area contributed by atoms with Crippen molar-refractivity contribution >= 4 is 23.4 Å². The second-order valence-electron chi connectivity index (χ2n) is 10.4. The summed E-state index contributed by atoms with van der Waals surface area (Å²) in [6.45, 7) is 5.90. The molecule has 3 N–H and O–H groups in total. The first-order valence-corrected chi connectivity index (χ1v) is 13.7. The van der Waals surface area contributed by atoms with Crippen LogP contribution in [-0.2, 0) is 11.3 Å². The minimum atomic E-state index is -0.351. The summed E-state index contributed by atoms with van der Waals surface area (Å²) in [7, 11) is 5.85. The van der Waals surface area contributed by atoms with Gasteiger partial charge < -0.3 is 20.3 Å². The second kappa shape index (κ2) is 14.4. The fourth-order valence-corrected chi connectivity index (χ4v) is 4.54. The number of aryl methyl sites for hydroxylation is 1. The van der Waals surface area contributed by atoms with Crippen LogP contribution in [0, 0.1) is 18.8 Å². The van der Waals surface area contributed by atoms with Crippen LogP contribution in [-0.4, -0.2) is 80.2 Å². The van der Waals surface area contributed by atoms with E-state index >= 15 is 0 Å². The van der Waals surface area contributed by atoms with Crippen LogP contribution in [0.15, 0.2) is 60.8 Å². The molecule has 0 bridgehead atoms. The number of likely N-dealkylation sites (N-methyl/N-ethyl adjacent to an activating group) is 1. The van der Waals surface area contributed by atoms with Gasteiger partial charge in [0, 0.05) is 67.9 Å². The molecule has 1 aromatic heterocycles. The van der Waals surface area contributed by atoms with E-state index in [1.807, 2.05) is 25.1 Å². The maximum Gasteiger partial charge on any atom is 0.320 e. The standard InChI is InChI=1S/C32H38N6O3/c1-23-5-10-27(19-26(23)11-6-24-9-14-30(34-20-24)36-32(40)33-16-18-41-4)31(39)35-28-12-7-25(8-13-28)21-38-17-15-29(22-38)37(2)3/h5,7-10,12-14,19-20,29H,15-18,21-22H2,1-4H3,(H,35,39)(H2,33,34,36,40)/t29-/m1/s1. The van der Waals surface area contributed by atoms with Gasteiger partial charge in [-0.1, -0.05) is 30.0 Å². The Morgan fingerprint density at radius 3 is 2.56 bits per heavy atom. The van der Waals surface area contributed by atoms with E-state index < -0.39 is 0 Å². The third-order valence-electron chi connectivity index (χ3n) is 7.03. The van der Waals surface area contributed by atoms with Gasteiger partial charge in [-0.05, 0) is 75.0 Å². The highest BCUT2D eigenvalue weighted by molar-refractivity contribution is 6.04. The second-order valence-corrected chi connectivity index (χ2v) is 10.4. The molecule has 3 aromatic rings. The topological polar surface area (TPSA) is 98.8 Å². The number of hydrogen-bond donors (Lipinski definition) is 3. The Bertz CT molecular complexity index is 1390. The van der Waals surface area contributed by atoms with Gasteiger partial charge in [0.05, 0.1) is 6.61 Å². The number of likely N-dealkylation sites (tertiary alicyclic amines) is 1. The van der Waals surface area contributed by atoms with E-state index in [1.165, 1.54) is 12.0 Å². The first-order valence-electron chi connectivity index (χ1n) is 13.7. The number of nitrogens with one attached hydrogen (secondary N) is 3. The Morgan fingerprint density at radius 1 is 1.07 bits per heavy atom. The number of methoxy groups -OCH3 is 1. The van der Waals surface area contributed by atoms with Crippen LogP contribution in [0.1, 0.15) is 39.0 Å². The van der Waals surface area contributed by atoms with E-state index in [9.17, 15) is 9.59 Å². The maximum atomic E-state index is 13.0. The van der Waals surface area contributed by atoms with Gasteiger partial charge in [0.1, 0.15) is 5.82 Å². The number of carbonyl (C=O) groups excluding carboxylic acids is 2. The summed E-state index contributed by atoms with van der Waals surface area (Å²) >= 11 is 0. The molecule has 4 rings (SSSR count). The molecule has 1 aliphatic rings. The monoisotopic (exact) mass is 554 g/mol. The molecule has 0 saturated carbocycles. The summed E-state index contributed by atoms with van der Waals surface area (Å²) in [6, 6.07) is 17.3. The fraction of sp³-hybridized carbons (Fsp3) is 0.344. The van der Waals surface area contributed by atoms with Crippen LogP contribution in [0.25, 0.3) is 0 Å². The van der Waals surface area contributed by atoms with E-state index in [0.717, 1.165) is 36.4 Å². The van der Waals surface area contributed by atoms with Crippen molar-refractivity contribution in [3.63, 3.8) is 0 Å². The van der Waals surface area contributed by atoms with E-state index in [4.69, 9.17) is 4.74 Å². The maximum absolute atomic E-state index is 13.0. The van der Waals surface area contributed by atoms with Crippen LogP contribution < -0.4 is 16.0 Å². The van der Waals surface area contributed by atoms with Gasteiger partial charge in [0.25, 0.3) is 5.91 Å². The molecule has 1 atom stereocenters. The van der Waals surface area contributed by atoms with Crippen LogP contribution in [0.2, 0.25) is 0 Å². The predicted molar refractivity (Wildman–Crippen MR) is 162 cm³/mol. The van der Waals surface area contributed by atoms with Crippen LogP contribution >= 0.6 is 0 Å². The number of rotatable bonds is 9. The zero-order chi connectivity index (χ0) is 29.2. The molecule has 0 spiro atoms. The molecule has 1 saturated heterocycles. The number of aromatic nitrogens is 1. The van der Waals surface area contributed by atoms with Gasteiger partial charge in [-0.2, -0.15) is 0 Å². The summed E-state index contributed by atoms with van der Waals surface area (Å²) in [6.07, 6.45) is 2.79. The third-order valence-corrected chi connectivity index (χ3v) is 7.03. The minimum absolute atomic E-state index is 0.185. The normalized spacial score (nSPS) is 14.8. The molecule has 1 aliphatic heterocycles. The van der Waals surface area contributed by atoms with E-state index in [2.05, 4.69) is 68.8 Å². The highest BCUT2D eigenvalue weighted by Crippen LogP contribution is 2.19. The van der Waals surface area contributed by atoms with Crippen LogP contribution in [0.5, 0.6) is 0 Å². The molecule has 1 fully saturated rings. The predicted octanol–water partition coefficient (Wildman–Crippen LogP) is 3.95. The van der Waals surface area contributed by atoms with Crippen molar-refractivity contribution < 1.29 is 14.3 Å². The van der Waals surface area contributed by atoms with Gasteiger partial charge in [-0.15, -0.1) is 0 Å². The number of amides is 3. The van der Waals surface area contributed by atoms with Gasteiger partial charge in [-0.3, -0.25) is 15.0 Å². The summed E-state index contributed by atoms with van der Waals surface area (Å²) < 4.78 is 4.91. The Hall–Kier alpha value is -4.23. The average Bonchev–Trinajstić information content (AvgIpc) is 3.43. The SMILES string of the molecule is COCCNC(=O)Nc1ccc(C#Cc2cc(C(=O)Nc3ccc(CN4CC[C@@H](N(C)C)C4)cc3)ccc2C)cn1. The molecule has 3 amide bonds. The van der Waals surface area contributed by atoms with Crippen molar-refractivity contribution in [2.24, 2.45) is 0 Å². The van der Waals surface area contributed by atoms with Crippen molar-refractivity contribution in [3.8, 4) is 11.8 Å². The Balaban J connectivity index is 1.33. The number of anilines is 2. The number of hydrogen-bond acceptors (Lipinski definition) is 6. The average molecular weight is 555 g/mol. The lowest BCUT2D eigenvalue weighted by molar-refractivity contribution is 0.102. The number of benzene rings is 2. The Kier molecular flexibility index (Phi) is 10.5. The van der Waals surface area contributed by atoms with Gasteiger partial charge in [-0.25, -0.2) is 9.78 Å². The van der Waals surface area contributed by atoms with E-state index in [0.29, 0.717) is 36.1 Å². The van der Waals surface area contributed by atoms with E-state index in [-0.39, 0.29) is 11.9 Å². The van der Waals surface area contributed by atoms with Crippen molar-refractivity contribution in [3.05, 3.63) is 88.6 Å². The first-order chi connectivity index (χ1) is 19.8. The van der Waals surface area contributed by atoms with Gasteiger partial charge in [0.15, 0.2) is 0 Å². The number of ether oxygens (including phenoxy) is 1. The zero-order valence-electron chi connectivity index (χ0n) is 24.2. The molecule has 41 heavy (non-hydrogen) atoms. The highest BCUT2D eigenvalue weighted by Gasteiger charge is 2.23. The molecule has 9 nitrogen and oxygen atoms in total. The third kappa shape index (κ3) is 8.88. The summed E-state index contributed by atoms with van der Waals surface area (Å²) in [5.74, 6) is 6.47. The lowest BCUT2D eigenvalue weighted by atomic mass is 10.0. The van der Waals surface area contributed by atoms with Crippen molar-refractivity contribution in [1.82, 2.24) is 20.1 Å². The number of pyridine rings is 1. The molecule has 2 aromatic carbocycles. The number of nitrogens with zero attached hydrogens (tertiary/aromatic N) is 3.